The maximum Gasteiger partial charge on any atom is 0.240 e. The van der Waals surface area contributed by atoms with E-state index in [1.165, 1.54) is 6.42 Å². The van der Waals surface area contributed by atoms with Crippen LogP contribution in [0.25, 0.3) is 0 Å². The van der Waals surface area contributed by atoms with Gasteiger partial charge in [0.2, 0.25) is 11.8 Å². The number of nitrogens with one attached hydrogen (secondary N) is 2. The van der Waals surface area contributed by atoms with Gasteiger partial charge in [0.1, 0.15) is 5.41 Å². The lowest BCUT2D eigenvalue weighted by atomic mass is 9.94. The van der Waals surface area contributed by atoms with E-state index in [1.807, 2.05) is 6.92 Å². The van der Waals surface area contributed by atoms with Crippen LogP contribution >= 0.6 is 11.6 Å². The fourth-order valence-corrected chi connectivity index (χ4v) is 3.49. The molecule has 2 aliphatic rings. The Hall–Kier alpha value is -1.55. The summed E-state index contributed by atoms with van der Waals surface area (Å²) in [5.41, 5.74) is 0.745. The second kappa shape index (κ2) is 6.52. The summed E-state index contributed by atoms with van der Waals surface area (Å²) in [6.45, 7) is 1.89. The Kier molecular flexibility index (Phi) is 4.62. The average molecular weight is 335 g/mol. The Morgan fingerprint density at radius 2 is 1.83 bits per heavy atom. The second-order valence-corrected chi connectivity index (χ2v) is 7.24. The quantitative estimate of drug-likeness (QED) is 0.822. The molecule has 0 aliphatic heterocycles. The summed E-state index contributed by atoms with van der Waals surface area (Å²) in [5.74, 6) is -0.301. The molecule has 2 fully saturated rings. The Morgan fingerprint density at radius 1 is 1.13 bits per heavy atom. The zero-order valence-electron chi connectivity index (χ0n) is 13.5. The SMILES string of the molecule is Cc1cc(Cl)ccc1NC(=O)C1(C(=O)NC2CCCCC2)CC1. The molecular weight excluding hydrogens is 312 g/mol. The van der Waals surface area contributed by atoms with Gasteiger partial charge in [0.05, 0.1) is 0 Å². The van der Waals surface area contributed by atoms with E-state index in [0.717, 1.165) is 36.9 Å². The predicted octanol–water partition coefficient (Wildman–Crippen LogP) is 3.82. The fraction of sp³-hybridized carbons (Fsp3) is 0.556. The number of hydrogen-bond donors (Lipinski definition) is 2. The topological polar surface area (TPSA) is 58.2 Å². The molecule has 3 rings (SSSR count). The van der Waals surface area contributed by atoms with Gasteiger partial charge >= 0.3 is 0 Å². The Labute approximate surface area is 142 Å². The standard InChI is InChI=1S/C18H23ClN2O2/c1-12-11-13(19)7-8-15(12)21-17(23)18(9-10-18)16(22)20-14-5-3-2-4-6-14/h7-8,11,14H,2-6,9-10H2,1H3,(H,20,22)(H,21,23). The van der Waals surface area contributed by atoms with Crippen molar-refractivity contribution < 1.29 is 9.59 Å². The second-order valence-electron chi connectivity index (χ2n) is 6.80. The smallest absolute Gasteiger partial charge is 0.240 e. The lowest BCUT2D eigenvalue weighted by Gasteiger charge is -2.25. The molecular formula is C18H23ClN2O2. The third kappa shape index (κ3) is 3.52. The van der Waals surface area contributed by atoms with Gasteiger partial charge in [-0.3, -0.25) is 9.59 Å². The van der Waals surface area contributed by atoms with Crippen LogP contribution in [0.15, 0.2) is 18.2 Å². The molecule has 1 aromatic carbocycles. The predicted molar refractivity (Wildman–Crippen MR) is 91.5 cm³/mol. The summed E-state index contributed by atoms with van der Waals surface area (Å²) in [4.78, 5) is 25.2. The molecule has 1 aromatic rings. The highest BCUT2D eigenvalue weighted by molar-refractivity contribution is 6.30. The van der Waals surface area contributed by atoms with Crippen molar-refractivity contribution in [1.82, 2.24) is 5.32 Å². The molecule has 2 amide bonds. The first-order valence-electron chi connectivity index (χ1n) is 8.40. The van der Waals surface area contributed by atoms with Crippen molar-refractivity contribution in [3.05, 3.63) is 28.8 Å². The van der Waals surface area contributed by atoms with Gasteiger partial charge in [-0.1, -0.05) is 30.9 Å². The number of carbonyl (C=O) groups is 2. The van der Waals surface area contributed by atoms with Crippen molar-refractivity contribution in [2.75, 3.05) is 5.32 Å². The Morgan fingerprint density at radius 3 is 2.43 bits per heavy atom. The zero-order chi connectivity index (χ0) is 16.4. The van der Waals surface area contributed by atoms with Crippen LogP contribution in [-0.2, 0) is 9.59 Å². The van der Waals surface area contributed by atoms with Crippen LogP contribution in [0.3, 0.4) is 0 Å². The van der Waals surface area contributed by atoms with Crippen molar-refractivity contribution in [3.63, 3.8) is 0 Å². The van der Waals surface area contributed by atoms with E-state index in [4.69, 9.17) is 11.6 Å². The fourth-order valence-electron chi connectivity index (χ4n) is 3.26. The first-order chi connectivity index (χ1) is 11.0. The van der Waals surface area contributed by atoms with E-state index >= 15 is 0 Å². The number of hydrogen-bond acceptors (Lipinski definition) is 2. The summed E-state index contributed by atoms with van der Waals surface area (Å²) in [6, 6.07) is 5.56. The molecule has 0 aromatic heterocycles. The molecule has 0 unspecified atom stereocenters. The van der Waals surface area contributed by atoms with Crippen molar-refractivity contribution in [1.29, 1.82) is 0 Å². The monoisotopic (exact) mass is 334 g/mol. The molecule has 4 nitrogen and oxygen atoms in total. The maximum absolute atomic E-state index is 12.6. The third-order valence-corrected chi connectivity index (χ3v) is 5.23. The summed E-state index contributed by atoms with van der Waals surface area (Å²) in [6.07, 6.45) is 6.88. The maximum atomic E-state index is 12.6. The molecule has 2 aliphatic carbocycles. The normalized spacial score (nSPS) is 19.9. The summed E-state index contributed by atoms with van der Waals surface area (Å²) >= 11 is 5.94. The molecule has 0 radical (unpaired) electrons. The molecule has 0 atom stereocenters. The minimum Gasteiger partial charge on any atom is -0.352 e. The molecule has 0 heterocycles. The lowest BCUT2D eigenvalue weighted by Crippen LogP contribution is -2.45. The van der Waals surface area contributed by atoms with Crippen molar-refractivity contribution in [3.8, 4) is 0 Å². The van der Waals surface area contributed by atoms with Crippen LogP contribution in [0.1, 0.15) is 50.5 Å². The summed E-state index contributed by atoms with van der Waals surface area (Å²) < 4.78 is 0. The van der Waals surface area contributed by atoms with Gasteiger partial charge in [-0.15, -0.1) is 0 Å². The van der Waals surface area contributed by atoms with Gasteiger partial charge in [0, 0.05) is 16.8 Å². The zero-order valence-corrected chi connectivity index (χ0v) is 14.2. The number of aryl methyl sites for hydroxylation is 1. The number of halogens is 1. The van der Waals surface area contributed by atoms with Gasteiger partial charge in [0.25, 0.3) is 0 Å². The highest BCUT2D eigenvalue weighted by atomic mass is 35.5. The van der Waals surface area contributed by atoms with Crippen LogP contribution in [-0.4, -0.2) is 17.9 Å². The van der Waals surface area contributed by atoms with Crippen molar-refractivity contribution in [2.45, 2.75) is 57.9 Å². The molecule has 0 bridgehead atoms. The number of benzene rings is 1. The molecule has 0 spiro atoms. The van der Waals surface area contributed by atoms with Gasteiger partial charge in [0.15, 0.2) is 0 Å². The first-order valence-corrected chi connectivity index (χ1v) is 8.78. The van der Waals surface area contributed by atoms with E-state index in [-0.39, 0.29) is 17.9 Å². The van der Waals surface area contributed by atoms with E-state index in [2.05, 4.69) is 10.6 Å². The van der Waals surface area contributed by atoms with E-state index < -0.39 is 5.41 Å². The first kappa shape index (κ1) is 16.3. The minimum absolute atomic E-state index is 0.103. The van der Waals surface area contributed by atoms with Crippen molar-refractivity contribution >= 4 is 29.1 Å². The van der Waals surface area contributed by atoms with E-state index in [0.29, 0.717) is 17.9 Å². The Balaban J connectivity index is 1.64. The molecule has 0 saturated heterocycles. The van der Waals surface area contributed by atoms with Crippen LogP contribution in [0, 0.1) is 12.3 Å². The Bertz CT molecular complexity index is 619. The minimum atomic E-state index is -0.872. The third-order valence-electron chi connectivity index (χ3n) is 5.00. The van der Waals surface area contributed by atoms with Crippen LogP contribution in [0.2, 0.25) is 5.02 Å². The molecule has 5 heteroatoms. The van der Waals surface area contributed by atoms with Gasteiger partial charge in [-0.25, -0.2) is 0 Å². The largest absolute Gasteiger partial charge is 0.352 e. The average Bonchev–Trinajstić information content (AvgIpc) is 3.33. The summed E-state index contributed by atoms with van der Waals surface area (Å²) in [5, 5.41) is 6.63. The number of amides is 2. The molecule has 124 valence electrons. The molecule has 23 heavy (non-hydrogen) atoms. The van der Waals surface area contributed by atoms with E-state index in [9.17, 15) is 9.59 Å². The van der Waals surface area contributed by atoms with E-state index in [1.54, 1.807) is 18.2 Å². The number of anilines is 1. The molecule has 2 N–H and O–H groups in total. The highest BCUT2D eigenvalue weighted by Gasteiger charge is 2.56. The number of carbonyl (C=O) groups excluding carboxylic acids is 2. The molecule has 2 saturated carbocycles. The van der Waals surface area contributed by atoms with Crippen molar-refractivity contribution in [2.24, 2.45) is 5.41 Å². The van der Waals surface area contributed by atoms with Gasteiger partial charge in [-0.2, -0.15) is 0 Å². The lowest BCUT2D eigenvalue weighted by molar-refractivity contribution is -0.135. The van der Waals surface area contributed by atoms with Crippen LogP contribution in [0.4, 0.5) is 5.69 Å². The van der Waals surface area contributed by atoms with Gasteiger partial charge in [-0.05, 0) is 56.4 Å². The van der Waals surface area contributed by atoms with Gasteiger partial charge < -0.3 is 10.6 Å². The number of rotatable bonds is 4. The van der Waals surface area contributed by atoms with Crippen LogP contribution in [0.5, 0.6) is 0 Å². The highest BCUT2D eigenvalue weighted by Crippen LogP contribution is 2.47. The summed E-state index contributed by atoms with van der Waals surface area (Å²) in [7, 11) is 0. The van der Waals surface area contributed by atoms with Crippen LogP contribution < -0.4 is 10.6 Å².